The molecule has 0 amide bonds. The van der Waals surface area contributed by atoms with E-state index in [4.69, 9.17) is 10.5 Å². The molecule has 5 nitrogen and oxygen atoms in total. The largest absolute Gasteiger partial charge is 0.435 e. The molecular weight excluding hydrogens is 274 g/mol. The first-order valence-electron chi connectivity index (χ1n) is 4.44. The Labute approximate surface area is 99.4 Å². The van der Waals surface area contributed by atoms with Gasteiger partial charge in [0.05, 0.1) is 12.0 Å². The molecule has 0 saturated carbocycles. The van der Waals surface area contributed by atoms with Crippen molar-refractivity contribution in [2.45, 2.75) is 0 Å². The molecule has 6 heteroatoms. The van der Waals surface area contributed by atoms with E-state index in [0.717, 1.165) is 0 Å². The Morgan fingerprint density at radius 3 is 2.88 bits per heavy atom. The third kappa shape index (κ3) is 2.06. The minimum absolute atomic E-state index is 0.182. The fourth-order valence-electron chi connectivity index (χ4n) is 1.12. The van der Waals surface area contributed by atoms with Gasteiger partial charge in [-0.25, -0.2) is 4.98 Å². The zero-order valence-electron chi connectivity index (χ0n) is 8.11. The molecule has 1 aromatic carbocycles. The van der Waals surface area contributed by atoms with Gasteiger partial charge in [-0.1, -0.05) is 12.1 Å². The van der Waals surface area contributed by atoms with Crippen LogP contribution in [-0.2, 0) is 0 Å². The number of nitrogen functional groups attached to an aromatic ring is 1. The van der Waals surface area contributed by atoms with Crippen LogP contribution >= 0.6 is 15.9 Å². The van der Waals surface area contributed by atoms with Crippen molar-refractivity contribution in [3.8, 4) is 11.6 Å². The lowest BCUT2D eigenvalue weighted by Crippen LogP contribution is -2.08. The average molecular weight is 282 g/mol. The van der Waals surface area contributed by atoms with Crippen LogP contribution in [0.3, 0.4) is 0 Å². The number of aromatic amines is 1. The van der Waals surface area contributed by atoms with E-state index in [1.54, 1.807) is 24.3 Å². The summed E-state index contributed by atoms with van der Waals surface area (Å²) in [5.41, 5.74) is 5.88. The summed E-state index contributed by atoms with van der Waals surface area (Å²) in [6.07, 6.45) is 1.27. The number of ether oxygens (including phenoxy) is 1. The van der Waals surface area contributed by atoms with Gasteiger partial charge >= 0.3 is 0 Å². The Balaban J connectivity index is 2.38. The third-order valence-corrected chi connectivity index (χ3v) is 2.59. The van der Waals surface area contributed by atoms with Crippen LogP contribution in [-0.4, -0.2) is 9.97 Å². The second-order valence-electron chi connectivity index (χ2n) is 2.99. The fraction of sp³-hybridized carbons (Fsp3) is 0. The van der Waals surface area contributed by atoms with E-state index in [9.17, 15) is 4.79 Å². The van der Waals surface area contributed by atoms with Crippen LogP contribution in [0.15, 0.2) is 39.9 Å². The zero-order valence-corrected chi connectivity index (χ0v) is 9.69. The van der Waals surface area contributed by atoms with Crippen molar-refractivity contribution in [1.29, 1.82) is 0 Å². The molecule has 0 radical (unpaired) electrons. The van der Waals surface area contributed by atoms with E-state index in [0.29, 0.717) is 11.4 Å². The van der Waals surface area contributed by atoms with E-state index >= 15 is 0 Å². The van der Waals surface area contributed by atoms with Crippen molar-refractivity contribution >= 4 is 21.6 Å². The maximum absolute atomic E-state index is 11.3. The van der Waals surface area contributed by atoms with Crippen LogP contribution in [0.5, 0.6) is 11.6 Å². The topological polar surface area (TPSA) is 81.0 Å². The number of hydrogen-bond acceptors (Lipinski definition) is 4. The smallest absolute Gasteiger partial charge is 0.268 e. The molecule has 0 aliphatic rings. The quantitative estimate of drug-likeness (QED) is 0.824. The predicted molar refractivity (Wildman–Crippen MR) is 63.5 cm³/mol. The highest BCUT2D eigenvalue weighted by atomic mass is 79.9. The number of aromatic nitrogens is 2. The summed E-state index contributed by atoms with van der Waals surface area (Å²) in [7, 11) is 0. The highest BCUT2D eigenvalue weighted by molar-refractivity contribution is 9.10. The molecule has 0 atom stereocenters. The van der Waals surface area contributed by atoms with Crippen LogP contribution in [0, 0.1) is 0 Å². The molecule has 0 aliphatic heterocycles. The minimum atomic E-state index is -0.306. The van der Waals surface area contributed by atoms with Crippen molar-refractivity contribution in [1.82, 2.24) is 9.97 Å². The fourth-order valence-corrected chi connectivity index (χ4v) is 1.41. The summed E-state index contributed by atoms with van der Waals surface area (Å²) in [5.74, 6) is 0.642. The van der Waals surface area contributed by atoms with Crippen LogP contribution in [0.25, 0.3) is 0 Å². The van der Waals surface area contributed by atoms with Crippen molar-refractivity contribution in [3.63, 3.8) is 0 Å². The van der Waals surface area contributed by atoms with Crippen LogP contribution in [0.1, 0.15) is 0 Å². The molecule has 16 heavy (non-hydrogen) atoms. The van der Waals surface area contributed by atoms with Gasteiger partial charge in [0.15, 0.2) is 5.75 Å². The van der Waals surface area contributed by atoms with Gasteiger partial charge in [-0.3, -0.25) is 4.79 Å². The molecule has 3 N–H and O–H groups in total. The standard InChI is InChI=1S/C10H8BrN3O2/c11-8-9(15)13-5-14-10(8)16-7-4-2-1-3-6(7)12/h1-5H,12H2,(H,13,14,15). The summed E-state index contributed by atoms with van der Waals surface area (Å²) in [4.78, 5) is 17.6. The van der Waals surface area contributed by atoms with Gasteiger partial charge in [-0.15, -0.1) is 0 Å². The van der Waals surface area contributed by atoms with Crippen LogP contribution in [0.4, 0.5) is 5.69 Å². The second kappa shape index (κ2) is 4.36. The molecule has 1 heterocycles. The molecule has 0 bridgehead atoms. The molecule has 82 valence electrons. The first kappa shape index (κ1) is 10.7. The molecule has 2 rings (SSSR count). The maximum Gasteiger partial charge on any atom is 0.268 e. The number of halogens is 1. The Kier molecular flexibility index (Phi) is 2.91. The summed E-state index contributed by atoms with van der Waals surface area (Å²) in [5, 5.41) is 0. The molecule has 0 spiro atoms. The van der Waals surface area contributed by atoms with Gasteiger partial charge in [-0.05, 0) is 28.1 Å². The van der Waals surface area contributed by atoms with Gasteiger partial charge in [0.2, 0.25) is 5.88 Å². The number of nitrogens with zero attached hydrogens (tertiary/aromatic N) is 1. The average Bonchev–Trinajstić information content (AvgIpc) is 2.28. The number of benzene rings is 1. The Hall–Kier alpha value is -1.82. The number of H-pyrrole nitrogens is 1. The molecule has 0 unspecified atom stereocenters. The highest BCUT2D eigenvalue weighted by Crippen LogP contribution is 2.28. The van der Waals surface area contributed by atoms with Gasteiger partial charge in [0.1, 0.15) is 4.47 Å². The first-order valence-corrected chi connectivity index (χ1v) is 5.23. The predicted octanol–water partition coefficient (Wildman–Crippen LogP) is 1.91. The number of para-hydroxylation sites is 2. The number of nitrogens with two attached hydrogens (primary N) is 1. The normalized spacial score (nSPS) is 10.1. The Bertz CT molecular complexity index is 568. The van der Waals surface area contributed by atoms with E-state index in [1.807, 2.05) is 0 Å². The van der Waals surface area contributed by atoms with Crippen LogP contribution < -0.4 is 16.0 Å². The SMILES string of the molecule is Nc1ccccc1Oc1nc[nH]c(=O)c1Br. The van der Waals surface area contributed by atoms with E-state index in [1.165, 1.54) is 6.33 Å². The van der Waals surface area contributed by atoms with E-state index in [2.05, 4.69) is 25.9 Å². The number of nitrogens with one attached hydrogen (secondary N) is 1. The van der Waals surface area contributed by atoms with Gasteiger partial charge in [0.25, 0.3) is 5.56 Å². The number of rotatable bonds is 2. The first-order chi connectivity index (χ1) is 7.68. The summed E-state index contributed by atoms with van der Waals surface area (Å²) in [6.45, 7) is 0. The highest BCUT2D eigenvalue weighted by Gasteiger charge is 2.08. The molecule has 0 fully saturated rings. The third-order valence-electron chi connectivity index (χ3n) is 1.89. The molecular formula is C10H8BrN3O2. The minimum Gasteiger partial charge on any atom is -0.435 e. The monoisotopic (exact) mass is 281 g/mol. The van der Waals surface area contributed by atoms with Gasteiger partial charge in [-0.2, -0.15) is 0 Å². The van der Waals surface area contributed by atoms with Crippen molar-refractivity contribution in [3.05, 3.63) is 45.4 Å². The Morgan fingerprint density at radius 1 is 1.38 bits per heavy atom. The lowest BCUT2D eigenvalue weighted by atomic mass is 10.3. The van der Waals surface area contributed by atoms with Crippen molar-refractivity contribution in [2.24, 2.45) is 0 Å². The van der Waals surface area contributed by atoms with E-state index < -0.39 is 0 Å². The van der Waals surface area contributed by atoms with Crippen molar-refractivity contribution in [2.75, 3.05) is 5.73 Å². The summed E-state index contributed by atoms with van der Waals surface area (Å²) in [6, 6.07) is 6.98. The van der Waals surface area contributed by atoms with Crippen molar-refractivity contribution < 1.29 is 4.74 Å². The molecule has 0 aliphatic carbocycles. The number of hydrogen-bond donors (Lipinski definition) is 2. The van der Waals surface area contributed by atoms with E-state index in [-0.39, 0.29) is 15.9 Å². The molecule has 0 saturated heterocycles. The van der Waals surface area contributed by atoms with Gasteiger partial charge in [0, 0.05) is 0 Å². The molecule has 1 aromatic heterocycles. The second-order valence-corrected chi connectivity index (χ2v) is 3.78. The zero-order chi connectivity index (χ0) is 11.5. The summed E-state index contributed by atoms with van der Waals surface area (Å²) < 4.78 is 5.65. The maximum atomic E-state index is 11.3. The van der Waals surface area contributed by atoms with Crippen LogP contribution in [0.2, 0.25) is 0 Å². The lowest BCUT2D eigenvalue weighted by molar-refractivity contribution is 0.459. The van der Waals surface area contributed by atoms with Gasteiger partial charge < -0.3 is 15.5 Å². The number of anilines is 1. The summed E-state index contributed by atoms with van der Waals surface area (Å²) >= 11 is 3.09. The Morgan fingerprint density at radius 2 is 2.12 bits per heavy atom. The molecule has 2 aromatic rings. The lowest BCUT2D eigenvalue weighted by Gasteiger charge is -2.07.